The molecule has 2 aromatic rings. The average molecular weight is 247 g/mol. The summed E-state index contributed by atoms with van der Waals surface area (Å²) < 4.78 is 18.9. The van der Waals surface area contributed by atoms with Crippen molar-refractivity contribution in [3.05, 3.63) is 36.1 Å². The van der Waals surface area contributed by atoms with E-state index in [4.69, 9.17) is 4.42 Å². The van der Waals surface area contributed by atoms with E-state index in [0.29, 0.717) is 18.4 Å². The van der Waals surface area contributed by atoms with Crippen LogP contribution >= 0.6 is 0 Å². The first-order valence-electron chi connectivity index (χ1n) is 6.17. The Kier molecular flexibility index (Phi) is 2.78. The molecule has 18 heavy (non-hydrogen) atoms. The van der Waals surface area contributed by atoms with Gasteiger partial charge in [-0.1, -0.05) is 18.2 Å². The Labute approximate surface area is 104 Å². The molecule has 0 aliphatic heterocycles. The van der Waals surface area contributed by atoms with Gasteiger partial charge in [-0.05, 0) is 31.4 Å². The summed E-state index contributed by atoms with van der Waals surface area (Å²) in [5.74, 6) is -0.0870. The van der Waals surface area contributed by atoms with Crippen LogP contribution in [0.5, 0.6) is 0 Å². The first-order valence-corrected chi connectivity index (χ1v) is 6.17. The third-order valence-electron chi connectivity index (χ3n) is 3.40. The van der Waals surface area contributed by atoms with E-state index in [2.05, 4.69) is 5.32 Å². The summed E-state index contributed by atoms with van der Waals surface area (Å²) in [7, 11) is 0. The molecule has 1 aliphatic carbocycles. The maximum atomic E-state index is 13.4. The smallest absolute Gasteiger partial charge is 0.287 e. The molecule has 0 radical (unpaired) electrons. The van der Waals surface area contributed by atoms with Crippen LogP contribution in [0.3, 0.4) is 0 Å². The van der Waals surface area contributed by atoms with Crippen molar-refractivity contribution in [2.45, 2.75) is 31.5 Å². The summed E-state index contributed by atoms with van der Waals surface area (Å²) in [5.41, 5.74) is 0.672. The van der Waals surface area contributed by atoms with E-state index in [1.54, 1.807) is 12.1 Å². The van der Waals surface area contributed by atoms with Gasteiger partial charge in [0.1, 0.15) is 11.8 Å². The van der Waals surface area contributed by atoms with Gasteiger partial charge in [0, 0.05) is 5.39 Å². The second kappa shape index (κ2) is 4.44. The third kappa shape index (κ3) is 1.98. The number of alkyl halides is 1. The molecule has 1 heterocycles. The first-order chi connectivity index (χ1) is 8.74. The van der Waals surface area contributed by atoms with Crippen LogP contribution in [0.15, 0.2) is 34.7 Å². The number of furan rings is 1. The van der Waals surface area contributed by atoms with Gasteiger partial charge in [-0.15, -0.1) is 0 Å². The van der Waals surface area contributed by atoms with Crippen LogP contribution in [0.1, 0.15) is 29.8 Å². The summed E-state index contributed by atoms with van der Waals surface area (Å²) in [4.78, 5) is 11.9. The number of para-hydroxylation sites is 1. The fourth-order valence-electron chi connectivity index (χ4n) is 2.41. The van der Waals surface area contributed by atoms with Gasteiger partial charge >= 0.3 is 0 Å². The zero-order valence-corrected chi connectivity index (χ0v) is 9.86. The average Bonchev–Trinajstić information content (AvgIpc) is 2.96. The topological polar surface area (TPSA) is 42.2 Å². The molecule has 2 atom stereocenters. The molecule has 1 aromatic carbocycles. The summed E-state index contributed by atoms with van der Waals surface area (Å²) in [6.07, 6.45) is 1.13. The van der Waals surface area contributed by atoms with Crippen molar-refractivity contribution in [3.63, 3.8) is 0 Å². The van der Waals surface area contributed by atoms with E-state index in [0.717, 1.165) is 11.8 Å². The molecule has 1 N–H and O–H groups in total. The number of rotatable bonds is 2. The highest BCUT2D eigenvalue weighted by Gasteiger charge is 2.29. The van der Waals surface area contributed by atoms with Crippen LogP contribution in [-0.4, -0.2) is 18.1 Å². The first kappa shape index (κ1) is 11.3. The van der Waals surface area contributed by atoms with Crippen molar-refractivity contribution in [2.75, 3.05) is 0 Å². The molecule has 3 rings (SSSR count). The van der Waals surface area contributed by atoms with Gasteiger partial charge in [-0.2, -0.15) is 0 Å². The van der Waals surface area contributed by atoms with Gasteiger partial charge in [-0.3, -0.25) is 4.79 Å². The lowest BCUT2D eigenvalue weighted by Gasteiger charge is -2.13. The minimum Gasteiger partial charge on any atom is -0.451 e. The second-order valence-electron chi connectivity index (χ2n) is 4.68. The number of fused-ring (bicyclic) bond motifs is 1. The molecule has 0 saturated heterocycles. The number of carbonyl (C=O) groups is 1. The summed E-state index contributed by atoms with van der Waals surface area (Å²) in [6, 6.07) is 8.73. The largest absolute Gasteiger partial charge is 0.451 e. The van der Waals surface area contributed by atoms with E-state index in [-0.39, 0.29) is 17.7 Å². The fraction of sp³-hybridized carbons (Fsp3) is 0.357. The Hall–Kier alpha value is -1.84. The molecule has 1 aromatic heterocycles. The quantitative estimate of drug-likeness (QED) is 0.886. The van der Waals surface area contributed by atoms with Gasteiger partial charge < -0.3 is 9.73 Å². The molecule has 0 bridgehead atoms. The summed E-state index contributed by atoms with van der Waals surface area (Å²) in [6.45, 7) is 0. The molecule has 1 amide bonds. The van der Waals surface area contributed by atoms with Crippen LogP contribution in [-0.2, 0) is 0 Å². The SMILES string of the molecule is O=C(NC1CCCC1F)c1cc2ccccc2o1. The van der Waals surface area contributed by atoms with Crippen molar-refractivity contribution >= 4 is 16.9 Å². The Bertz CT molecular complexity index is 545. The molecular weight excluding hydrogens is 233 g/mol. The maximum Gasteiger partial charge on any atom is 0.287 e. The number of hydrogen-bond donors (Lipinski definition) is 1. The van der Waals surface area contributed by atoms with Crippen molar-refractivity contribution in [3.8, 4) is 0 Å². The van der Waals surface area contributed by atoms with Gasteiger partial charge in [0.05, 0.1) is 6.04 Å². The fourth-order valence-corrected chi connectivity index (χ4v) is 2.41. The molecule has 2 unspecified atom stereocenters. The van der Waals surface area contributed by atoms with Gasteiger partial charge in [0.2, 0.25) is 0 Å². The van der Waals surface area contributed by atoms with E-state index in [1.165, 1.54) is 0 Å². The molecule has 1 aliphatic rings. The highest BCUT2D eigenvalue weighted by atomic mass is 19.1. The van der Waals surface area contributed by atoms with E-state index < -0.39 is 6.17 Å². The lowest BCUT2D eigenvalue weighted by Crippen LogP contribution is -2.38. The van der Waals surface area contributed by atoms with Crippen molar-refractivity contribution < 1.29 is 13.6 Å². The highest BCUT2D eigenvalue weighted by molar-refractivity contribution is 5.96. The third-order valence-corrected chi connectivity index (χ3v) is 3.40. The van der Waals surface area contributed by atoms with Crippen molar-refractivity contribution in [2.24, 2.45) is 0 Å². The standard InChI is InChI=1S/C14H14FNO2/c15-10-5-3-6-11(10)16-14(17)13-8-9-4-1-2-7-12(9)18-13/h1-2,4,7-8,10-11H,3,5-6H2,(H,16,17). The second-order valence-corrected chi connectivity index (χ2v) is 4.68. The predicted octanol–water partition coefficient (Wildman–Crippen LogP) is 3.05. The van der Waals surface area contributed by atoms with E-state index in [9.17, 15) is 9.18 Å². The van der Waals surface area contributed by atoms with E-state index in [1.807, 2.05) is 18.2 Å². The van der Waals surface area contributed by atoms with Gasteiger partial charge in [-0.25, -0.2) is 4.39 Å². The Morgan fingerprint density at radius 1 is 1.33 bits per heavy atom. The lowest BCUT2D eigenvalue weighted by molar-refractivity contribution is 0.0893. The van der Waals surface area contributed by atoms with Crippen LogP contribution < -0.4 is 5.32 Å². The number of carbonyl (C=O) groups excluding carboxylic acids is 1. The van der Waals surface area contributed by atoms with Gasteiger partial charge in [0.25, 0.3) is 5.91 Å². The molecular formula is C14H14FNO2. The number of halogens is 1. The van der Waals surface area contributed by atoms with Crippen LogP contribution in [0.2, 0.25) is 0 Å². The maximum absolute atomic E-state index is 13.4. The Morgan fingerprint density at radius 3 is 2.89 bits per heavy atom. The van der Waals surface area contributed by atoms with E-state index >= 15 is 0 Å². The molecule has 3 nitrogen and oxygen atoms in total. The Morgan fingerprint density at radius 2 is 2.17 bits per heavy atom. The lowest BCUT2D eigenvalue weighted by atomic mass is 10.2. The van der Waals surface area contributed by atoms with Gasteiger partial charge in [0.15, 0.2) is 5.76 Å². The van der Waals surface area contributed by atoms with Crippen molar-refractivity contribution in [1.29, 1.82) is 0 Å². The van der Waals surface area contributed by atoms with Crippen LogP contribution in [0.4, 0.5) is 4.39 Å². The van der Waals surface area contributed by atoms with Crippen LogP contribution in [0.25, 0.3) is 11.0 Å². The predicted molar refractivity (Wildman–Crippen MR) is 66.2 cm³/mol. The zero-order chi connectivity index (χ0) is 12.5. The van der Waals surface area contributed by atoms with Crippen LogP contribution in [0, 0.1) is 0 Å². The molecule has 0 spiro atoms. The molecule has 4 heteroatoms. The van der Waals surface area contributed by atoms with Crippen molar-refractivity contribution in [1.82, 2.24) is 5.32 Å². The number of benzene rings is 1. The minimum absolute atomic E-state index is 0.246. The molecule has 1 saturated carbocycles. The summed E-state index contributed by atoms with van der Waals surface area (Å²) in [5, 5.41) is 3.58. The normalized spacial score (nSPS) is 23.4. The minimum atomic E-state index is -0.932. The number of amides is 1. The molecule has 94 valence electrons. The summed E-state index contributed by atoms with van der Waals surface area (Å²) >= 11 is 0. The highest BCUT2D eigenvalue weighted by Crippen LogP contribution is 2.23. The molecule has 1 fully saturated rings. The number of nitrogens with one attached hydrogen (secondary N) is 1. The Balaban J connectivity index is 1.79. The number of hydrogen-bond acceptors (Lipinski definition) is 2. The zero-order valence-electron chi connectivity index (χ0n) is 9.86. The monoisotopic (exact) mass is 247 g/mol.